The summed E-state index contributed by atoms with van der Waals surface area (Å²) < 4.78 is 11.5. The lowest BCUT2D eigenvalue weighted by atomic mass is 9.96. The molecule has 3 heteroatoms. The van der Waals surface area contributed by atoms with E-state index in [0.717, 1.165) is 51.3 Å². The number of hydrogen-bond acceptors (Lipinski definition) is 3. The third-order valence-corrected chi connectivity index (χ3v) is 3.59. The number of nitrogens with one attached hydrogen (secondary N) is 1. The van der Waals surface area contributed by atoms with Gasteiger partial charge in [0.15, 0.2) is 0 Å². The van der Waals surface area contributed by atoms with Gasteiger partial charge in [-0.3, -0.25) is 0 Å². The van der Waals surface area contributed by atoms with E-state index >= 15 is 0 Å². The molecule has 19 heavy (non-hydrogen) atoms. The molecule has 2 rings (SSSR count). The largest absolute Gasteiger partial charge is 0.493 e. The van der Waals surface area contributed by atoms with E-state index in [9.17, 15) is 0 Å². The van der Waals surface area contributed by atoms with Crippen LogP contribution >= 0.6 is 0 Å². The van der Waals surface area contributed by atoms with Gasteiger partial charge in [0.25, 0.3) is 0 Å². The smallest absolute Gasteiger partial charge is 0.127 e. The Morgan fingerprint density at radius 1 is 1.37 bits per heavy atom. The van der Waals surface area contributed by atoms with Crippen LogP contribution in [-0.2, 0) is 11.2 Å². The van der Waals surface area contributed by atoms with Crippen LogP contribution in [0.2, 0.25) is 0 Å². The number of ether oxygens (including phenoxy) is 2. The SMILES string of the molecule is CCCOCCC(NC)c1cccc2c1OCCC2. The average Bonchev–Trinajstić information content (AvgIpc) is 2.47. The molecule has 0 bridgehead atoms. The van der Waals surface area contributed by atoms with Crippen LogP contribution in [0, 0.1) is 0 Å². The Morgan fingerprint density at radius 3 is 3.05 bits per heavy atom. The highest BCUT2D eigenvalue weighted by molar-refractivity contribution is 5.44. The first-order valence-electron chi connectivity index (χ1n) is 7.36. The molecule has 0 saturated carbocycles. The Hall–Kier alpha value is -1.06. The van der Waals surface area contributed by atoms with Crippen LogP contribution in [0.15, 0.2) is 18.2 Å². The number of aryl methyl sites for hydroxylation is 1. The molecular weight excluding hydrogens is 238 g/mol. The van der Waals surface area contributed by atoms with Gasteiger partial charge in [-0.05, 0) is 38.3 Å². The predicted molar refractivity (Wildman–Crippen MR) is 77.8 cm³/mol. The zero-order valence-electron chi connectivity index (χ0n) is 12.1. The van der Waals surface area contributed by atoms with Crippen molar-refractivity contribution in [2.75, 3.05) is 26.9 Å². The van der Waals surface area contributed by atoms with Crippen LogP contribution in [0.4, 0.5) is 0 Å². The van der Waals surface area contributed by atoms with Crippen LogP contribution < -0.4 is 10.1 Å². The van der Waals surface area contributed by atoms with Gasteiger partial charge >= 0.3 is 0 Å². The molecule has 1 N–H and O–H groups in total. The van der Waals surface area contributed by atoms with E-state index in [4.69, 9.17) is 9.47 Å². The van der Waals surface area contributed by atoms with Gasteiger partial charge in [0, 0.05) is 24.8 Å². The van der Waals surface area contributed by atoms with Crippen molar-refractivity contribution in [2.45, 2.75) is 38.6 Å². The van der Waals surface area contributed by atoms with Crippen LogP contribution in [-0.4, -0.2) is 26.9 Å². The summed E-state index contributed by atoms with van der Waals surface area (Å²) in [4.78, 5) is 0. The fourth-order valence-corrected chi connectivity index (χ4v) is 2.59. The molecule has 1 aliphatic heterocycles. The molecule has 1 heterocycles. The van der Waals surface area contributed by atoms with E-state index in [1.165, 1.54) is 11.1 Å². The summed E-state index contributed by atoms with van der Waals surface area (Å²) in [6.45, 7) is 4.62. The van der Waals surface area contributed by atoms with E-state index in [1.54, 1.807) is 0 Å². The van der Waals surface area contributed by atoms with Crippen molar-refractivity contribution >= 4 is 0 Å². The van der Waals surface area contributed by atoms with Gasteiger partial charge in [0.2, 0.25) is 0 Å². The lowest BCUT2D eigenvalue weighted by Crippen LogP contribution is -2.21. The Balaban J connectivity index is 2.05. The van der Waals surface area contributed by atoms with Gasteiger partial charge in [-0.1, -0.05) is 25.1 Å². The first-order valence-corrected chi connectivity index (χ1v) is 7.36. The molecule has 1 aromatic rings. The standard InChI is InChI=1S/C16H25NO2/c1-3-10-18-12-9-15(17-2)14-8-4-6-13-7-5-11-19-16(13)14/h4,6,8,15,17H,3,5,7,9-12H2,1-2H3. The maximum Gasteiger partial charge on any atom is 0.127 e. The second kappa shape index (κ2) is 7.51. The first-order chi connectivity index (χ1) is 9.36. The molecule has 106 valence electrons. The minimum atomic E-state index is 0.310. The monoisotopic (exact) mass is 263 g/mol. The van der Waals surface area contributed by atoms with Crippen molar-refractivity contribution in [1.82, 2.24) is 5.32 Å². The van der Waals surface area contributed by atoms with Gasteiger partial charge < -0.3 is 14.8 Å². The van der Waals surface area contributed by atoms with Crippen molar-refractivity contribution in [3.05, 3.63) is 29.3 Å². The molecule has 0 aromatic heterocycles. The first kappa shape index (κ1) is 14.4. The van der Waals surface area contributed by atoms with E-state index in [-0.39, 0.29) is 0 Å². The molecule has 3 nitrogen and oxygen atoms in total. The van der Waals surface area contributed by atoms with Crippen LogP contribution in [0.3, 0.4) is 0 Å². The summed E-state index contributed by atoms with van der Waals surface area (Å²) >= 11 is 0. The van der Waals surface area contributed by atoms with Gasteiger partial charge in [0.1, 0.15) is 5.75 Å². The predicted octanol–water partition coefficient (Wildman–Crippen LogP) is 3.09. The summed E-state index contributed by atoms with van der Waals surface area (Å²) in [5.41, 5.74) is 2.62. The molecule has 1 aromatic carbocycles. The van der Waals surface area contributed by atoms with E-state index < -0.39 is 0 Å². The topological polar surface area (TPSA) is 30.5 Å². The number of para-hydroxylation sites is 1. The van der Waals surface area contributed by atoms with Crippen molar-refractivity contribution in [3.63, 3.8) is 0 Å². The zero-order valence-corrected chi connectivity index (χ0v) is 12.1. The summed E-state index contributed by atoms with van der Waals surface area (Å²) in [6.07, 6.45) is 4.32. The van der Waals surface area contributed by atoms with E-state index in [2.05, 4.69) is 30.4 Å². The normalized spacial score (nSPS) is 15.7. The average molecular weight is 263 g/mol. The lowest BCUT2D eigenvalue weighted by Gasteiger charge is -2.25. The minimum Gasteiger partial charge on any atom is -0.493 e. The third-order valence-electron chi connectivity index (χ3n) is 3.59. The maximum absolute atomic E-state index is 5.88. The summed E-state index contributed by atoms with van der Waals surface area (Å²) in [5, 5.41) is 3.39. The molecular formula is C16H25NO2. The van der Waals surface area contributed by atoms with Gasteiger partial charge in [-0.2, -0.15) is 0 Å². The third kappa shape index (κ3) is 3.71. The lowest BCUT2D eigenvalue weighted by molar-refractivity contribution is 0.125. The zero-order chi connectivity index (χ0) is 13.5. The number of benzene rings is 1. The molecule has 0 radical (unpaired) electrons. The second-order valence-corrected chi connectivity index (χ2v) is 5.03. The van der Waals surface area contributed by atoms with Gasteiger partial charge in [-0.15, -0.1) is 0 Å². The Labute approximate surface area is 116 Å². The second-order valence-electron chi connectivity index (χ2n) is 5.03. The number of fused-ring (bicyclic) bond motifs is 1. The van der Waals surface area contributed by atoms with Crippen molar-refractivity contribution in [1.29, 1.82) is 0 Å². The molecule has 0 spiro atoms. The highest BCUT2D eigenvalue weighted by Gasteiger charge is 2.19. The van der Waals surface area contributed by atoms with Crippen LogP contribution in [0.5, 0.6) is 5.75 Å². The Bertz CT molecular complexity index is 392. The highest BCUT2D eigenvalue weighted by Crippen LogP contribution is 2.33. The van der Waals surface area contributed by atoms with E-state index in [1.807, 2.05) is 7.05 Å². The Morgan fingerprint density at radius 2 is 2.26 bits per heavy atom. The molecule has 0 fully saturated rings. The summed E-state index contributed by atoms with van der Waals surface area (Å²) in [6, 6.07) is 6.80. The maximum atomic E-state index is 5.88. The number of rotatable bonds is 7. The van der Waals surface area contributed by atoms with Gasteiger partial charge in [0.05, 0.1) is 6.61 Å². The summed E-state index contributed by atoms with van der Waals surface area (Å²) in [5.74, 6) is 1.10. The van der Waals surface area contributed by atoms with Crippen LogP contribution in [0.1, 0.15) is 43.4 Å². The molecule has 1 aliphatic rings. The minimum absolute atomic E-state index is 0.310. The molecule has 1 unspecified atom stereocenters. The summed E-state index contributed by atoms with van der Waals surface area (Å²) in [7, 11) is 2.01. The fraction of sp³-hybridized carbons (Fsp3) is 0.625. The Kier molecular flexibility index (Phi) is 5.67. The van der Waals surface area contributed by atoms with Crippen molar-refractivity contribution in [3.8, 4) is 5.75 Å². The quantitative estimate of drug-likeness (QED) is 0.767. The molecule has 1 atom stereocenters. The van der Waals surface area contributed by atoms with Crippen LogP contribution in [0.25, 0.3) is 0 Å². The molecule has 0 saturated heterocycles. The fourth-order valence-electron chi connectivity index (χ4n) is 2.59. The van der Waals surface area contributed by atoms with Gasteiger partial charge in [-0.25, -0.2) is 0 Å². The molecule has 0 amide bonds. The van der Waals surface area contributed by atoms with E-state index in [0.29, 0.717) is 6.04 Å². The number of hydrogen-bond donors (Lipinski definition) is 1. The highest BCUT2D eigenvalue weighted by atomic mass is 16.5. The van der Waals surface area contributed by atoms with Crippen molar-refractivity contribution in [2.24, 2.45) is 0 Å². The molecule has 0 aliphatic carbocycles. The van der Waals surface area contributed by atoms with Crippen molar-refractivity contribution < 1.29 is 9.47 Å².